The molecule has 1 N–H and O–H groups in total. The molecule has 0 bridgehead atoms. The lowest BCUT2D eigenvalue weighted by atomic mass is 10.4. The van der Waals surface area contributed by atoms with E-state index in [1.165, 1.54) is 11.3 Å². The van der Waals surface area contributed by atoms with E-state index < -0.39 is 0 Å². The molecule has 72 valence electrons. The van der Waals surface area contributed by atoms with Crippen molar-refractivity contribution >= 4 is 22.4 Å². The number of hydrogen-bond acceptors (Lipinski definition) is 5. The fourth-order valence-electron chi connectivity index (χ4n) is 1.16. The second kappa shape index (κ2) is 3.71. The van der Waals surface area contributed by atoms with Crippen LogP contribution in [0.4, 0.5) is 11.1 Å². The second-order valence-corrected chi connectivity index (χ2v) is 3.83. The van der Waals surface area contributed by atoms with Gasteiger partial charge >= 0.3 is 0 Å². The Labute approximate surface area is 86.1 Å². The molecule has 14 heavy (non-hydrogen) atoms. The third-order valence-electron chi connectivity index (χ3n) is 1.63. The minimum atomic E-state index is 0.609. The molecule has 0 atom stereocenters. The lowest BCUT2D eigenvalue weighted by molar-refractivity contribution is 1.06. The molecule has 0 aliphatic heterocycles. The molecule has 0 radical (unpaired) electrons. The van der Waals surface area contributed by atoms with Gasteiger partial charge in [0.2, 0.25) is 5.95 Å². The number of rotatable bonds is 2. The van der Waals surface area contributed by atoms with Gasteiger partial charge in [-0.3, -0.25) is 0 Å². The van der Waals surface area contributed by atoms with Crippen LogP contribution >= 0.6 is 11.3 Å². The second-order valence-electron chi connectivity index (χ2n) is 2.94. The summed E-state index contributed by atoms with van der Waals surface area (Å²) in [5, 5.41) is 5.77. The van der Waals surface area contributed by atoms with Crippen LogP contribution < -0.4 is 5.32 Å². The molecular weight excluding hydrogens is 196 g/mol. The first-order valence-corrected chi connectivity index (χ1v) is 5.11. The largest absolute Gasteiger partial charge is 0.300 e. The van der Waals surface area contributed by atoms with Crippen molar-refractivity contribution in [1.29, 1.82) is 0 Å². The molecule has 5 heteroatoms. The summed E-state index contributed by atoms with van der Waals surface area (Å²) in [6.07, 6.45) is 1.75. The van der Waals surface area contributed by atoms with Crippen molar-refractivity contribution in [3.05, 3.63) is 29.0 Å². The molecule has 0 amide bonds. The zero-order chi connectivity index (χ0) is 9.97. The molecule has 0 unspecified atom stereocenters. The van der Waals surface area contributed by atoms with Crippen LogP contribution in [-0.4, -0.2) is 15.0 Å². The van der Waals surface area contributed by atoms with Gasteiger partial charge in [0.25, 0.3) is 0 Å². The van der Waals surface area contributed by atoms with Crippen molar-refractivity contribution < 1.29 is 0 Å². The maximum absolute atomic E-state index is 4.25. The van der Waals surface area contributed by atoms with E-state index in [2.05, 4.69) is 20.3 Å². The number of hydrogen-bond donors (Lipinski definition) is 1. The van der Waals surface area contributed by atoms with Crippen molar-refractivity contribution in [2.75, 3.05) is 5.32 Å². The van der Waals surface area contributed by atoms with Gasteiger partial charge in [-0.05, 0) is 19.9 Å². The van der Waals surface area contributed by atoms with Crippen LogP contribution in [0.1, 0.15) is 11.4 Å². The van der Waals surface area contributed by atoms with E-state index in [1.54, 1.807) is 6.20 Å². The predicted octanol–water partition coefficient (Wildman–Crippen LogP) is 2.29. The van der Waals surface area contributed by atoms with Gasteiger partial charge in [-0.25, -0.2) is 15.0 Å². The Kier molecular flexibility index (Phi) is 2.41. The van der Waals surface area contributed by atoms with E-state index in [-0.39, 0.29) is 0 Å². The Morgan fingerprint density at radius 2 is 1.93 bits per heavy atom. The van der Waals surface area contributed by atoms with Gasteiger partial charge in [-0.1, -0.05) is 0 Å². The van der Waals surface area contributed by atoms with E-state index in [9.17, 15) is 0 Å². The van der Waals surface area contributed by atoms with Crippen LogP contribution in [0.5, 0.6) is 0 Å². The van der Waals surface area contributed by atoms with E-state index in [0.29, 0.717) is 5.95 Å². The molecule has 4 nitrogen and oxygen atoms in total. The fraction of sp³-hybridized carbons (Fsp3) is 0.222. The lowest BCUT2D eigenvalue weighted by Gasteiger charge is -2.02. The van der Waals surface area contributed by atoms with Crippen LogP contribution in [-0.2, 0) is 0 Å². The summed E-state index contributed by atoms with van der Waals surface area (Å²) < 4.78 is 0. The van der Waals surface area contributed by atoms with Gasteiger partial charge in [-0.2, -0.15) is 0 Å². The van der Waals surface area contributed by atoms with E-state index in [1.807, 2.05) is 25.3 Å². The predicted molar refractivity (Wildman–Crippen MR) is 56.9 cm³/mol. The molecule has 0 aliphatic rings. The number of anilines is 2. The average Bonchev–Trinajstić information content (AvgIpc) is 2.54. The highest BCUT2D eigenvalue weighted by molar-refractivity contribution is 7.13. The van der Waals surface area contributed by atoms with Gasteiger partial charge < -0.3 is 5.32 Å². The van der Waals surface area contributed by atoms with Gasteiger partial charge in [0.1, 0.15) is 0 Å². The summed E-state index contributed by atoms with van der Waals surface area (Å²) in [5.41, 5.74) is 1.91. The molecule has 0 spiro atoms. The first-order chi connectivity index (χ1) is 6.74. The monoisotopic (exact) mass is 206 g/mol. The zero-order valence-corrected chi connectivity index (χ0v) is 8.80. The highest BCUT2D eigenvalue weighted by Crippen LogP contribution is 2.15. The van der Waals surface area contributed by atoms with Crippen LogP contribution in [0.2, 0.25) is 0 Å². The van der Waals surface area contributed by atoms with Crippen LogP contribution in [0.25, 0.3) is 0 Å². The molecule has 0 saturated carbocycles. The van der Waals surface area contributed by atoms with Gasteiger partial charge in [-0.15, -0.1) is 11.3 Å². The highest BCUT2D eigenvalue weighted by atomic mass is 32.1. The Bertz CT molecular complexity index is 404. The van der Waals surface area contributed by atoms with Crippen molar-refractivity contribution in [2.45, 2.75) is 13.8 Å². The molecule has 2 aromatic heterocycles. The zero-order valence-electron chi connectivity index (χ0n) is 7.98. The minimum absolute atomic E-state index is 0.609. The van der Waals surface area contributed by atoms with Crippen molar-refractivity contribution in [3.63, 3.8) is 0 Å². The summed E-state index contributed by atoms with van der Waals surface area (Å²) in [5.74, 6) is 0.609. The smallest absolute Gasteiger partial charge is 0.229 e. The third-order valence-corrected chi connectivity index (χ3v) is 2.32. The summed E-state index contributed by atoms with van der Waals surface area (Å²) in [6.45, 7) is 3.89. The number of nitrogens with one attached hydrogen (secondary N) is 1. The SMILES string of the molecule is Cc1cc(C)nc(Nc2nccs2)n1. The standard InChI is InChI=1S/C9H10N4S/c1-6-5-7(2)12-8(11-6)13-9-10-3-4-14-9/h3-5H,1-2H3,(H,10,11,12,13). The topological polar surface area (TPSA) is 50.7 Å². The normalized spacial score (nSPS) is 10.1. The van der Waals surface area contributed by atoms with Crippen molar-refractivity contribution in [2.24, 2.45) is 0 Å². The first kappa shape index (κ1) is 9.08. The molecule has 0 saturated heterocycles. The van der Waals surface area contributed by atoms with Gasteiger partial charge in [0.05, 0.1) is 0 Å². The molecule has 0 aliphatic carbocycles. The van der Waals surface area contributed by atoms with Crippen molar-refractivity contribution in [3.8, 4) is 0 Å². The van der Waals surface area contributed by atoms with E-state index >= 15 is 0 Å². The highest BCUT2D eigenvalue weighted by Gasteiger charge is 2.00. The van der Waals surface area contributed by atoms with Gasteiger partial charge in [0, 0.05) is 23.0 Å². The minimum Gasteiger partial charge on any atom is -0.300 e. The van der Waals surface area contributed by atoms with Crippen molar-refractivity contribution in [1.82, 2.24) is 15.0 Å². The number of nitrogens with zero attached hydrogens (tertiary/aromatic N) is 3. The number of thiazole rings is 1. The molecule has 2 heterocycles. The number of aryl methyl sites for hydroxylation is 2. The molecule has 2 aromatic rings. The van der Waals surface area contributed by atoms with Crippen LogP contribution in [0.15, 0.2) is 17.6 Å². The summed E-state index contributed by atoms with van der Waals surface area (Å²) in [6, 6.07) is 1.94. The molecule has 0 aromatic carbocycles. The average molecular weight is 206 g/mol. The fourth-order valence-corrected chi connectivity index (χ4v) is 1.69. The van der Waals surface area contributed by atoms with E-state index in [0.717, 1.165) is 16.5 Å². The van der Waals surface area contributed by atoms with Crippen LogP contribution in [0, 0.1) is 13.8 Å². The Balaban J connectivity index is 2.25. The Hall–Kier alpha value is -1.49. The Morgan fingerprint density at radius 3 is 2.50 bits per heavy atom. The maximum Gasteiger partial charge on any atom is 0.229 e. The Morgan fingerprint density at radius 1 is 1.21 bits per heavy atom. The number of aromatic nitrogens is 3. The molecule has 0 fully saturated rings. The third kappa shape index (κ3) is 2.05. The van der Waals surface area contributed by atoms with E-state index in [4.69, 9.17) is 0 Å². The lowest BCUT2D eigenvalue weighted by Crippen LogP contribution is -1.99. The molecular formula is C9H10N4S. The first-order valence-electron chi connectivity index (χ1n) is 4.23. The quantitative estimate of drug-likeness (QED) is 0.819. The summed E-state index contributed by atoms with van der Waals surface area (Å²) in [7, 11) is 0. The summed E-state index contributed by atoms with van der Waals surface area (Å²) >= 11 is 1.53. The summed E-state index contributed by atoms with van der Waals surface area (Å²) in [4.78, 5) is 12.6. The molecule has 2 rings (SSSR count). The van der Waals surface area contributed by atoms with Crippen LogP contribution in [0.3, 0.4) is 0 Å². The van der Waals surface area contributed by atoms with Gasteiger partial charge in [0.15, 0.2) is 5.13 Å². The maximum atomic E-state index is 4.25.